The Labute approximate surface area is 184 Å². The van der Waals surface area contributed by atoms with Crippen molar-refractivity contribution < 1.29 is 14.2 Å². The number of hydrogen-bond acceptors (Lipinski definition) is 6. The summed E-state index contributed by atoms with van der Waals surface area (Å²) >= 11 is 6.47. The number of ether oxygens (including phenoxy) is 1. The van der Waals surface area contributed by atoms with E-state index in [4.69, 9.17) is 16.3 Å². The molecule has 4 heterocycles. The minimum Gasteiger partial charge on any atom is -0.388 e. The van der Waals surface area contributed by atoms with Crippen molar-refractivity contribution in [2.45, 2.75) is 70.3 Å². The normalized spacial score (nSPS) is 25.5. The summed E-state index contributed by atoms with van der Waals surface area (Å²) in [5, 5.41) is 14.2. The van der Waals surface area contributed by atoms with Crippen molar-refractivity contribution in [3.05, 3.63) is 34.5 Å². The highest BCUT2D eigenvalue weighted by Crippen LogP contribution is 2.39. The molecule has 5 rings (SSSR count). The van der Waals surface area contributed by atoms with Gasteiger partial charge in [0.2, 0.25) is 5.95 Å². The number of rotatable bonds is 4. The number of hydrogen-bond donors (Lipinski definition) is 3. The Morgan fingerprint density at radius 1 is 1.32 bits per heavy atom. The van der Waals surface area contributed by atoms with Gasteiger partial charge in [0.1, 0.15) is 17.4 Å². The van der Waals surface area contributed by atoms with Crippen LogP contribution in [0.2, 0.25) is 5.02 Å². The summed E-state index contributed by atoms with van der Waals surface area (Å²) in [5.41, 5.74) is 2.91. The number of aryl methyl sites for hydroxylation is 1. The Kier molecular flexibility index (Phi) is 5.11. The quantitative estimate of drug-likeness (QED) is 0.553. The van der Waals surface area contributed by atoms with E-state index in [1.165, 1.54) is 12.3 Å². The molecule has 2 saturated heterocycles. The smallest absolute Gasteiger partial charge is 0.223 e. The fraction of sp³-hybridized carbons (Fsp3) is 0.500. The van der Waals surface area contributed by atoms with Crippen LogP contribution in [-0.4, -0.2) is 49.4 Å². The summed E-state index contributed by atoms with van der Waals surface area (Å²) in [6.07, 6.45) is 3.36. The lowest BCUT2D eigenvalue weighted by Crippen LogP contribution is -2.47. The number of imidazole rings is 1. The number of nitrogens with zero attached hydrogens (tertiary/aromatic N) is 3. The third-order valence-electron chi connectivity index (χ3n) is 6.22. The van der Waals surface area contributed by atoms with Crippen LogP contribution in [0.4, 0.5) is 10.3 Å². The van der Waals surface area contributed by atoms with Gasteiger partial charge in [-0.2, -0.15) is 0 Å². The first-order chi connectivity index (χ1) is 14.8. The zero-order valence-corrected chi connectivity index (χ0v) is 18.4. The molecule has 2 bridgehead atoms. The van der Waals surface area contributed by atoms with Crippen molar-refractivity contribution in [1.82, 2.24) is 19.9 Å². The van der Waals surface area contributed by atoms with Crippen LogP contribution < -0.4 is 5.32 Å². The molecular formula is C22H25ClFN5O2. The molecule has 2 aromatic heterocycles. The molecule has 4 atom stereocenters. The summed E-state index contributed by atoms with van der Waals surface area (Å²) in [6.45, 7) is 5.87. The molecule has 9 heteroatoms. The summed E-state index contributed by atoms with van der Waals surface area (Å²) in [6, 6.07) is 1.23. The SMILES string of the molecule is Cc1nc2c(F)cc(-c3nc(N[C@@H]4C[C@H]5CC[C@H](O5)[C@H]4O)ncc3Cl)c(C(C)C)c2[nH]1. The highest BCUT2D eigenvalue weighted by molar-refractivity contribution is 6.33. The Morgan fingerprint density at radius 2 is 2.13 bits per heavy atom. The molecule has 3 N–H and O–H groups in total. The van der Waals surface area contributed by atoms with Crippen LogP contribution in [0.15, 0.2) is 12.3 Å². The number of aromatic nitrogens is 4. The third-order valence-corrected chi connectivity index (χ3v) is 6.50. The lowest BCUT2D eigenvalue weighted by Gasteiger charge is -2.34. The molecule has 164 valence electrons. The first-order valence-electron chi connectivity index (χ1n) is 10.6. The molecule has 0 saturated carbocycles. The van der Waals surface area contributed by atoms with Crippen molar-refractivity contribution in [3.63, 3.8) is 0 Å². The highest BCUT2D eigenvalue weighted by Gasteiger charge is 2.42. The first kappa shape index (κ1) is 20.6. The molecule has 7 nitrogen and oxygen atoms in total. The molecule has 0 spiro atoms. The van der Waals surface area contributed by atoms with Gasteiger partial charge in [0, 0.05) is 5.56 Å². The molecule has 1 aromatic carbocycles. The van der Waals surface area contributed by atoms with E-state index in [2.05, 4.69) is 25.3 Å². The van der Waals surface area contributed by atoms with Gasteiger partial charge in [0.15, 0.2) is 5.82 Å². The second-order valence-corrected chi connectivity index (χ2v) is 9.17. The van der Waals surface area contributed by atoms with Crippen LogP contribution in [0.3, 0.4) is 0 Å². The van der Waals surface area contributed by atoms with Crippen molar-refractivity contribution in [2.75, 3.05) is 5.32 Å². The zero-order valence-electron chi connectivity index (χ0n) is 17.6. The number of H-pyrrole nitrogens is 1. The number of aliphatic hydroxyl groups excluding tert-OH is 1. The van der Waals surface area contributed by atoms with Gasteiger partial charge in [0.25, 0.3) is 0 Å². The van der Waals surface area contributed by atoms with Crippen LogP contribution in [0.1, 0.15) is 50.4 Å². The van der Waals surface area contributed by atoms with Crippen LogP contribution >= 0.6 is 11.6 Å². The van der Waals surface area contributed by atoms with Gasteiger partial charge in [-0.1, -0.05) is 25.4 Å². The number of aliphatic hydroxyl groups is 1. The van der Waals surface area contributed by atoms with Crippen molar-refractivity contribution in [1.29, 1.82) is 0 Å². The van der Waals surface area contributed by atoms with Gasteiger partial charge >= 0.3 is 0 Å². The van der Waals surface area contributed by atoms with Gasteiger partial charge in [-0.25, -0.2) is 19.3 Å². The van der Waals surface area contributed by atoms with Crippen LogP contribution in [0.5, 0.6) is 0 Å². The molecule has 0 radical (unpaired) electrons. The monoisotopic (exact) mass is 445 g/mol. The molecule has 2 aliphatic heterocycles. The molecule has 0 aliphatic carbocycles. The van der Waals surface area contributed by atoms with E-state index in [-0.39, 0.29) is 24.2 Å². The van der Waals surface area contributed by atoms with Crippen LogP contribution in [0, 0.1) is 12.7 Å². The topological polar surface area (TPSA) is 96.0 Å². The maximum Gasteiger partial charge on any atom is 0.223 e. The standard InChI is InChI=1S/C22H25ClFN5O2/c1-9(2)17-12(7-14(24)19-20(17)27-10(3)26-19)18-13(23)8-25-22(29-18)28-15-6-11-4-5-16(31-11)21(15)30/h7-9,11,15-16,21,30H,4-6H2,1-3H3,(H,26,27)(H,25,28,29)/t11-,15-,16+,21+/m1/s1. The molecule has 2 aliphatic rings. The van der Waals surface area contributed by atoms with E-state index in [1.807, 2.05) is 13.8 Å². The molecule has 31 heavy (non-hydrogen) atoms. The third kappa shape index (κ3) is 3.56. The zero-order chi connectivity index (χ0) is 21.9. The van der Waals surface area contributed by atoms with E-state index in [9.17, 15) is 9.50 Å². The van der Waals surface area contributed by atoms with E-state index < -0.39 is 11.9 Å². The average molecular weight is 446 g/mol. The Morgan fingerprint density at radius 3 is 2.90 bits per heavy atom. The summed E-state index contributed by atoms with van der Waals surface area (Å²) in [4.78, 5) is 16.4. The molecule has 3 aromatic rings. The summed E-state index contributed by atoms with van der Waals surface area (Å²) < 4.78 is 20.7. The predicted octanol–water partition coefficient (Wildman–Crippen LogP) is 4.34. The van der Waals surface area contributed by atoms with Crippen LogP contribution in [0.25, 0.3) is 22.3 Å². The minimum atomic E-state index is -0.630. The maximum absolute atomic E-state index is 14.9. The first-order valence-corrected chi connectivity index (χ1v) is 11.0. The molecule has 2 fully saturated rings. The number of aromatic amines is 1. The Bertz CT molecular complexity index is 1150. The van der Waals surface area contributed by atoms with Gasteiger partial charge in [-0.15, -0.1) is 0 Å². The Balaban J connectivity index is 1.57. The minimum absolute atomic E-state index is 0.0772. The van der Waals surface area contributed by atoms with Crippen molar-refractivity contribution >= 4 is 28.6 Å². The highest BCUT2D eigenvalue weighted by atomic mass is 35.5. The van der Waals surface area contributed by atoms with Crippen molar-refractivity contribution in [2.24, 2.45) is 0 Å². The number of nitrogens with one attached hydrogen (secondary N) is 2. The maximum atomic E-state index is 14.9. The van der Waals surface area contributed by atoms with E-state index in [1.54, 1.807) is 6.92 Å². The van der Waals surface area contributed by atoms with Gasteiger partial charge in [0.05, 0.1) is 40.7 Å². The summed E-state index contributed by atoms with van der Waals surface area (Å²) in [7, 11) is 0. The molecule has 0 unspecified atom stereocenters. The fourth-order valence-electron chi connectivity index (χ4n) is 4.84. The van der Waals surface area contributed by atoms with E-state index in [0.29, 0.717) is 45.5 Å². The lowest BCUT2D eigenvalue weighted by molar-refractivity contribution is -0.0811. The van der Waals surface area contributed by atoms with Gasteiger partial charge in [-0.3, -0.25) is 0 Å². The number of anilines is 1. The number of halogens is 2. The summed E-state index contributed by atoms with van der Waals surface area (Å²) in [5.74, 6) is 0.640. The molecular weight excluding hydrogens is 421 g/mol. The van der Waals surface area contributed by atoms with Gasteiger partial charge in [-0.05, 0) is 43.7 Å². The van der Waals surface area contributed by atoms with E-state index >= 15 is 0 Å². The fourth-order valence-corrected chi connectivity index (χ4v) is 5.03. The molecule has 0 amide bonds. The van der Waals surface area contributed by atoms with Crippen LogP contribution in [-0.2, 0) is 4.74 Å². The predicted molar refractivity (Wildman–Crippen MR) is 117 cm³/mol. The average Bonchev–Trinajstić information content (AvgIpc) is 3.31. The lowest BCUT2D eigenvalue weighted by atomic mass is 9.93. The second kappa shape index (κ2) is 7.69. The van der Waals surface area contributed by atoms with E-state index in [0.717, 1.165) is 18.4 Å². The number of fused-ring (bicyclic) bond motifs is 3. The Hall–Kier alpha value is -2.29. The largest absolute Gasteiger partial charge is 0.388 e. The van der Waals surface area contributed by atoms with Gasteiger partial charge < -0.3 is 20.1 Å². The van der Waals surface area contributed by atoms with Crippen molar-refractivity contribution in [3.8, 4) is 11.3 Å². The second-order valence-electron chi connectivity index (χ2n) is 8.76. The number of benzene rings is 1.